The van der Waals surface area contributed by atoms with Crippen LogP contribution >= 0.6 is 0 Å². The summed E-state index contributed by atoms with van der Waals surface area (Å²) in [5.74, 6) is 1.76. The molecule has 0 spiro atoms. The number of fused-ring (bicyclic) bond motifs is 1. The van der Waals surface area contributed by atoms with E-state index in [9.17, 15) is 4.79 Å². The van der Waals surface area contributed by atoms with Crippen LogP contribution in [0.4, 0.5) is 17.1 Å². The van der Waals surface area contributed by atoms with Crippen LogP contribution in [-0.4, -0.2) is 39.8 Å². The molecule has 0 saturated heterocycles. The maximum Gasteiger partial charge on any atom is 0.243 e. The van der Waals surface area contributed by atoms with Gasteiger partial charge in [0.25, 0.3) is 0 Å². The average molecular weight is 343 g/mol. The second-order valence-electron chi connectivity index (χ2n) is 5.61. The molecule has 1 aliphatic heterocycles. The van der Waals surface area contributed by atoms with E-state index >= 15 is 0 Å². The van der Waals surface area contributed by atoms with Crippen molar-refractivity contribution in [3.63, 3.8) is 0 Å². The van der Waals surface area contributed by atoms with Crippen LogP contribution in [0.3, 0.4) is 0 Å². The molecule has 0 unspecified atom stereocenters. The van der Waals surface area contributed by atoms with E-state index in [4.69, 9.17) is 19.9 Å². The van der Waals surface area contributed by atoms with Crippen molar-refractivity contribution < 1.29 is 19.0 Å². The predicted octanol–water partition coefficient (Wildman–Crippen LogP) is 2.12. The predicted molar refractivity (Wildman–Crippen MR) is 96.7 cm³/mol. The van der Waals surface area contributed by atoms with E-state index in [-0.39, 0.29) is 12.5 Å². The first kappa shape index (κ1) is 16.8. The first-order valence-electron chi connectivity index (χ1n) is 7.90. The molecule has 1 heterocycles. The molecule has 0 bridgehead atoms. The van der Waals surface area contributed by atoms with E-state index in [0.29, 0.717) is 41.8 Å². The molecule has 1 amide bonds. The number of nitrogens with zero attached hydrogens (tertiary/aromatic N) is 1. The standard InChI is InChI=1S/C18H21N3O4/c1-23-13-4-5-14(16(10-13)24-2)20-18(22)11-21-7-8-25-17-9-12(19)3-6-15(17)21/h3-6,9-10H,7-8,11,19H2,1-2H3,(H,20,22). The second kappa shape index (κ2) is 7.21. The van der Waals surface area contributed by atoms with Crippen molar-refractivity contribution in [2.45, 2.75) is 0 Å². The van der Waals surface area contributed by atoms with Crippen molar-refractivity contribution in [1.82, 2.24) is 0 Å². The van der Waals surface area contributed by atoms with Gasteiger partial charge >= 0.3 is 0 Å². The minimum atomic E-state index is -0.145. The minimum absolute atomic E-state index is 0.145. The Kier molecular flexibility index (Phi) is 4.83. The van der Waals surface area contributed by atoms with Gasteiger partial charge in [0.1, 0.15) is 23.9 Å². The number of anilines is 3. The van der Waals surface area contributed by atoms with Crippen LogP contribution < -0.4 is 30.2 Å². The number of benzene rings is 2. The quantitative estimate of drug-likeness (QED) is 0.809. The lowest BCUT2D eigenvalue weighted by Gasteiger charge is -2.30. The molecule has 1 aliphatic rings. The van der Waals surface area contributed by atoms with Crippen LogP contribution in [0.5, 0.6) is 17.2 Å². The Labute approximate surface area is 146 Å². The molecule has 132 valence electrons. The summed E-state index contributed by atoms with van der Waals surface area (Å²) in [7, 11) is 3.13. The van der Waals surface area contributed by atoms with Crippen molar-refractivity contribution >= 4 is 23.0 Å². The first-order valence-corrected chi connectivity index (χ1v) is 7.90. The van der Waals surface area contributed by atoms with Gasteiger partial charge in [-0.15, -0.1) is 0 Å². The molecule has 0 aliphatic carbocycles. The summed E-state index contributed by atoms with van der Waals surface area (Å²) in [4.78, 5) is 14.4. The van der Waals surface area contributed by atoms with Gasteiger partial charge in [-0.1, -0.05) is 0 Å². The van der Waals surface area contributed by atoms with E-state index in [1.807, 2.05) is 11.0 Å². The minimum Gasteiger partial charge on any atom is -0.497 e. The van der Waals surface area contributed by atoms with Crippen LogP contribution in [0.2, 0.25) is 0 Å². The Morgan fingerprint density at radius 1 is 1.24 bits per heavy atom. The zero-order valence-corrected chi connectivity index (χ0v) is 14.2. The third-order valence-corrected chi connectivity index (χ3v) is 3.96. The maximum atomic E-state index is 12.5. The monoisotopic (exact) mass is 343 g/mol. The van der Waals surface area contributed by atoms with Crippen molar-refractivity contribution in [1.29, 1.82) is 0 Å². The summed E-state index contributed by atoms with van der Waals surface area (Å²) in [6.07, 6.45) is 0. The van der Waals surface area contributed by atoms with Gasteiger partial charge in [0, 0.05) is 17.8 Å². The highest BCUT2D eigenvalue weighted by molar-refractivity contribution is 5.95. The van der Waals surface area contributed by atoms with E-state index < -0.39 is 0 Å². The summed E-state index contributed by atoms with van der Waals surface area (Å²) in [6.45, 7) is 1.34. The molecular weight excluding hydrogens is 322 g/mol. The second-order valence-corrected chi connectivity index (χ2v) is 5.61. The fraction of sp³-hybridized carbons (Fsp3) is 0.278. The average Bonchev–Trinajstić information content (AvgIpc) is 2.62. The Hall–Kier alpha value is -3.09. The highest BCUT2D eigenvalue weighted by Crippen LogP contribution is 2.33. The van der Waals surface area contributed by atoms with Crippen LogP contribution in [0, 0.1) is 0 Å². The fourth-order valence-corrected chi connectivity index (χ4v) is 2.72. The maximum absolute atomic E-state index is 12.5. The third-order valence-electron chi connectivity index (χ3n) is 3.96. The number of amides is 1. The van der Waals surface area contributed by atoms with Gasteiger partial charge in [-0.05, 0) is 24.3 Å². The number of nitrogen functional groups attached to an aromatic ring is 1. The zero-order valence-electron chi connectivity index (χ0n) is 14.2. The number of methoxy groups -OCH3 is 2. The number of carbonyl (C=O) groups is 1. The van der Waals surface area contributed by atoms with Crippen molar-refractivity contribution in [2.24, 2.45) is 0 Å². The number of hydrogen-bond donors (Lipinski definition) is 2. The van der Waals surface area contributed by atoms with Crippen LogP contribution in [0.25, 0.3) is 0 Å². The smallest absolute Gasteiger partial charge is 0.243 e. The number of carbonyl (C=O) groups excluding carboxylic acids is 1. The van der Waals surface area contributed by atoms with Gasteiger partial charge in [-0.25, -0.2) is 0 Å². The van der Waals surface area contributed by atoms with E-state index in [1.165, 1.54) is 0 Å². The van der Waals surface area contributed by atoms with E-state index in [1.54, 1.807) is 44.6 Å². The van der Waals surface area contributed by atoms with Crippen molar-refractivity contribution in [3.05, 3.63) is 36.4 Å². The summed E-state index contributed by atoms with van der Waals surface area (Å²) in [6, 6.07) is 10.7. The van der Waals surface area contributed by atoms with Gasteiger partial charge in [0.2, 0.25) is 5.91 Å². The molecule has 0 aromatic heterocycles. The van der Waals surface area contributed by atoms with Gasteiger partial charge in [0.05, 0.1) is 38.7 Å². The number of nitrogens with one attached hydrogen (secondary N) is 1. The van der Waals surface area contributed by atoms with Gasteiger partial charge in [-0.2, -0.15) is 0 Å². The molecule has 0 fully saturated rings. The molecule has 2 aromatic carbocycles. The largest absolute Gasteiger partial charge is 0.497 e. The normalized spacial score (nSPS) is 12.8. The van der Waals surface area contributed by atoms with Crippen LogP contribution in [0.1, 0.15) is 0 Å². The first-order chi connectivity index (χ1) is 12.1. The molecule has 7 heteroatoms. The van der Waals surface area contributed by atoms with Crippen molar-refractivity contribution in [3.8, 4) is 17.2 Å². The molecular formula is C18H21N3O4. The van der Waals surface area contributed by atoms with Crippen LogP contribution in [0.15, 0.2) is 36.4 Å². The molecule has 7 nitrogen and oxygen atoms in total. The number of nitrogens with two attached hydrogens (primary N) is 1. The zero-order chi connectivity index (χ0) is 17.8. The number of rotatable bonds is 5. The Morgan fingerprint density at radius 3 is 2.84 bits per heavy atom. The van der Waals surface area contributed by atoms with Crippen molar-refractivity contribution in [2.75, 3.05) is 49.9 Å². The Morgan fingerprint density at radius 2 is 2.08 bits per heavy atom. The highest BCUT2D eigenvalue weighted by Gasteiger charge is 2.21. The van der Waals surface area contributed by atoms with Gasteiger partial charge in [-0.3, -0.25) is 4.79 Å². The molecule has 2 aromatic rings. The lowest BCUT2D eigenvalue weighted by atomic mass is 10.2. The Balaban J connectivity index is 1.72. The van der Waals surface area contributed by atoms with Gasteiger partial charge < -0.3 is 30.2 Å². The lowest BCUT2D eigenvalue weighted by Crippen LogP contribution is -2.38. The molecule has 0 atom stereocenters. The summed E-state index contributed by atoms with van der Waals surface area (Å²) in [5.41, 5.74) is 7.87. The topological polar surface area (TPSA) is 86.0 Å². The Bertz CT molecular complexity index is 779. The van der Waals surface area contributed by atoms with Gasteiger partial charge in [0.15, 0.2) is 0 Å². The lowest BCUT2D eigenvalue weighted by molar-refractivity contribution is -0.115. The fourth-order valence-electron chi connectivity index (χ4n) is 2.72. The highest BCUT2D eigenvalue weighted by atomic mass is 16.5. The SMILES string of the molecule is COc1ccc(NC(=O)CN2CCOc3cc(N)ccc32)c(OC)c1. The molecule has 25 heavy (non-hydrogen) atoms. The van der Waals surface area contributed by atoms with E-state index in [2.05, 4.69) is 5.32 Å². The van der Waals surface area contributed by atoms with E-state index in [0.717, 1.165) is 5.69 Å². The third kappa shape index (κ3) is 3.71. The molecule has 3 rings (SSSR count). The summed E-state index contributed by atoms with van der Waals surface area (Å²) < 4.78 is 16.1. The summed E-state index contributed by atoms with van der Waals surface area (Å²) >= 11 is 0. The summed E-state index contributed by atoms with van der Waals surface area (Å²) in [5, 5.41) is 2.88. The number of hydrogen-bond acceptors (Lipinski definition) is 6. The van der Waals surface area contributed by atoms with Crippen LogP contribution in [-0.2, 0) is 4.79 Å². The number of ether oxygens (including phenoxy) is 3. The molecule has 0 saturated carbocycles. The molecule has 0 radical (unpaired) electrons. The molecule has 3 N–H and O–H groups in total.